The molecule has 1 atom stereocenters. The van der Waals surface area contributed by atoms with Crippen LogP contribution in [0.2, 0.25) is 0 Å². The molecule has 1 aliphatic carbocycles. The molecule has 1 rings (SSSR count). The second kappa shape index (κ2) is 5.70. The van der Waals surface area contributed by atoms with Crippen LogP contribution < -0.4 is 10.6 Å². The molecule has 0 aromatic carbocycles. The van der Waals surface area contributed by atoms with Crippen LogP contribution in [0, 0.1) is 5.92 Å². The van der Waals surface area contributed by atoms with E-state index >= 15 is 0 Å². The van der Waals surface area contributed by atoms with Crippen LogP contribution in [0.3, 0.4) is 0 Å². The molecule has 0 aliphatic heterocycles. The number of carbonyl (C=O) groups excluding carboxylic acids is 1. The summed E-state index contributed by atoms with van der Waals surface area (Å²) in [5, 5.41) is 14.3. The summed E-state index contributed by atoms with van der Waals surface area (Å²) < 4.78 is 0. The molecule has 3 N–H and O–H groups in total. The van der Waals surface area contributed by atoms with Gasteiger partial charge in [-0.3, -0.25) is 4.79 Å². The van der Waals surface area contributed by atoms with E-state index in [1.54, 1.807) is 0 Å². The number of hydrogen-bond acceptors (Lipinski definition) is 3. The molecule has 1 unspecified atom stereocenters. The summed E-state index contributed by atoms with van der Waals surface area (Å²) in [5.41, 5.74) is 0. The first-order chi connectivity index (χ1) is 7.15. The molecule has 1 saturated carbocycles. The number of nitrogens with one attached hydrogen (secondary N) is 2. The molecular formula is C10H18N2O3. The van der Waals surface area contributed by atoms with Crippen molar-refractivity contribution in [1.82, 2.24) is 10.6 Å². The number of hydrogen-bond donors (Lipinski definition) is 3. The molecule has 0 saturated heterocycles. The van der Waals surface area contributed by atoms with E-state index < -0.39 is 12.0 Å². The molecule has 1 aliphatic rings. The van der Waals surface area contributed by atoms with Gasteiger partial charge in [-0.05, 0) is 31.7 Å². The number of carboxylic acid groups (broad SMARTS) is 1. The van der Waals surface area contributed by atoms with Crippen molar-refractivity contribution in [3.05, 3.63) is 0 Å². The molecule has 15 heavy (non-hydrogen) atoms. The Morgan fingerprint density at radius 2 is 2.13 bits per heavy atom. The van der Waals surface area contributed by atoms with Crippen molar-refractivity contribution >= 4 is 11.9 Å². The summed E-state index contributed by atoms with van der Waals surface area (Å²) >= 11 is 0. The Hall–Kier alpha value is -1.10. The highest BCUT2D eigenvalue weighted by Gasteiger charge is 2.37. The number of amides is 1. The van der Waals surface area contributed by atoms with Crippen LogP contribution in [-0.4, -0.2) is 36.1 Å². The molecule has 0 radical (unpaired) electrons. The minimum atomic E-state index is -0.929. The van der Waals surface area contributed by atoms with Crippen molar-refractivity contribution in [1.29, 1.82) is 0 Å². The number of aliphatic carboxylic acids is 1. The molecule has 0 spiro atoms. The van der Waals surface area contributed by atoms with Crippen LogP contribution >= 0.6 is 0 Å². The lowest BCUT2D eigenvalue weighted by molar-refractivity contribution is -0.142. The molecule has 0 heterocycles. The number of carbonyl (C=O) groups is 2. The normalized spacial score (nSPS) is 17.1. The summed E-state index contributed by atoms with van der Waals surface area (Å²) in [6.45, 7) is 2.98. The molecular weight excluding hydrogens is 196 g/mol. The third kappa shape index (κ3) is 4.29. The first-order valence-electron chi connectivity index (χ1n) is 5.38. The van der Waals surface area contributed by atoms with E-state index in [1.165, 1.54) is 0 Å². The molecule has 0 aromatic rings. The minimum absolute atomic E-state index is 0.137. The second-order valence-corrected chi connectivity index (χ2v) is 3.90. The van der Waals surface area contributed by atoms with E-state index in [0.717, 1.165) is 25.8 Å². The average molecular weight is 214 g/mol. The predicted molar refractivity (Wildman–Crippen MR) is 55.5 cm³/mol. The van der Waals surface area contributed by atoms with Gasteiger partial charge in [-0.15, -0.1) is 0 Å². The van der Waals surface area contributed by atoms with E-state index in [9.17, 15) is 9.59 Å². The van der Waals surface area contributed by atoms with Gasteiger partial charge in [0, 0.05) is 0 Å². The molecule has 5 heteroatoms. The topological polar surface area (TPSA) is 78.4 Å². The van der Waals surface area contributed by atoms with Crippen LogP contribution in [-0.2, 0) is 9.59 Å². The van der Waals surface area contributed by atoms with Gasteiger partial charge < -0.3 is 15.7 Å². The summed E-state index contributed by atoms with van der Waals surface area (Å²) in [5.74, 6) is -1.03. The van der Waals surface area contributed by atoms with Crippen molar-refractivity contribution < 1.29 is 14.7 Å². The predicted octanol–water partition coefficient (Wildman–Crippen LogP) is -0.0346. The van der Waals surface area contributed by atoms with E-state index in [-0.39, 0.29) is 18.4 Å². The molecule has 86 valence electrons. The molecule has 5 nitrogen and oxygen atoms in total. The highest BCUT2D eigenvalue weighted by atomic mass is 16.4. The van der Waals surface area contributed by atoms with Crippen LogP contribution in [0.15, 0.2) is 0 Å². The summed E-state index contributed by atoms with van der Waals surface area (Å²) in [6.07, 6.45) is 2.76. The SMILES string of the molecule is CCCNCC(=O)NC(C(=O)O)C1CC1. The monoisotopic (exact) mass is 214 g/mol. The Kier molecular flexibility index (Phi) is 4.55. The van der Waals surface area contributed by atoms with Gasteiger partial charge in [0.15, 0.2) is 0 Å². The fourth-order valence-corrected chi connectivity index (χ4v) is 1.41. The largest absolute Gasteiger partial charge is 0.480 e. The first kappa shape index (κ1) is 12.0. The Morgan fingerprint density at radius 3 is 2.60 bits per heavy atom. The summed E-state index contributed by atoms with van der Waals surface area (Å²) in [4.78, 5) is 22.1. The van der Waals surface area contributed by atoms with Crippen molar-refractivity contribution in [2.45, 2.75) is 32.2 Å². The highest BCUT2D eigenvalue weighted by Crippen LogP contribution is 2.32. The quantitative estimate of drug-likeness (QED) is 0.520. The fourth-order valence-electron chi connectivity index (χ4n) is 1.41. The summed E-state index contributed by atoms with van der Waals surface area (Å²) in [7, 11) is 0. The Balaban J connectivity index is 2.24. The third-order valence-electron chi connectivity index (χ3n) is 2.39. The lowest BCUT2D eigenvalue weighted by atomic mass is 10.2. The van der Waals surface area contributed by atoms with E-state index in [1.807, 2.05) is 6.92 Å². The van der Waals surface area contributed by atoms with Gasteiger partial charge >= 0.3 is 5.97 Å². The maximum absolute atomic E-state index is 11.3. The van der Waals surface area contributed by atoms with Gasteiger partial charge in [0.2, 0.25) is 5.91 Å². The Morgan fingerprint density at radius 1 is 1.47 bits per heavy atom. The number of carboxylic acids is 1. The van der Waals surface area contributed by atoms with Crippen LogP contribution in [0.5, 0.6) is 0 Å². The van der Waals surface area contributed by atoms with Crippen LogP contribution in [0.1, 0.15) is 26.2 Å². The van der Waals surface area contributed by atoms with E-state index in [4.69, 9.17) is 5.11 Å². The van der Waals surface area contributed by atoms with Crippen molar-refractivity contribution in [2.24, 2.45) is 5.92 Å². The minimum Gasteiger partial charge on any atom is -0.480 e. The van der Waals surface area contributed by atoms with Gasteiger partial charge in [0.25, 0.3) is 0 Å². The van der Waals surface area contributed by atoms with Crippen molar-refractivity contribution in [3.8, 4) is 0 Å². The zero-order valence-corrected chi connectivity index (χ0v) is 8.95. The maximum Gasteiger partial charge on any atom is 0.326 e. The van der Waals surface area contributed by atoms with Gasteiger partial charge in [0.05, 0.1) is 6.54 Å². The number of rotatable bonds is 7. The molecule has 1 fully saturated rings. The standard InChI is InChI=1S/C10H18N2O3/c1-2-5-11-6-8(13)12-9(10(14)15)7-3-4-7/h7,9,11H,2-6H2,1H3,(H,12,13)(H,14,15). The van der Waals surface area contributed by atoms with Crippen molar-refractivity contribution in [2.75, 3.05) is 13.1 Å². The molecule has 1 amide bonds. The lowest BCUT2D eigenvalue weighted by Gasteiger charge is -2.13. The van der Waals surface area contributed by atoms with Gasteiger partial charge in [-0.1, -0.05) is 6.92 Å². The first-order valence-corrected chi connectivity index (χ1v) is 5.38. The second-order valence-electron chi connectivity index (χ2n) is 3.90. The third-order valence-corrected chi connectivity index (χ3v) is 2.39. The van der Waals surface area contributed by atoms with Gasteiger partial charge in [-0.25, -0.2) is 4.79 Å². The molecule has 0 bridgehead atoms. The Labute approximate surface area is 89.2 Å². The summed E-state index contributed by atoms with van der Waals surface area (Å²) in [6, 6.07) is -0.694. The van der Waals surface area contributed by atoms with Crippen LogP contribution in [0.4, 0.5) is 0 Å². The Bertz CT molecular complexity index is 239. The lowest BCUT2D eigenvalue weighted by Crippen LogP contribution is -2.45. The average Bonchev–Trinajstić information content (AvgIpc) is 2.97. The van der Waals surface area contributed by atoms with E-state index in [2.05, 4.69) is 10.6 Å². The molecule has 0 aromatic heterocycles. The zero-order chi connectivity index (χ0) is 11.3. The highest BCUT2D eigenvalue weighted by molar-refractivity contribution is 5.85. The zero-order valence-electron chi connectivity index (χ0n) is 8.95. The van der Waals surface area contributed by atoms with Crippen LogP contribution in [0.25, 0.3) is 0 Å². The van der Waals surface area contributed by atoms with E-state index in [0.29, 0.717) is 0 Å². The van der Waals surface area contributed by atoms with Gasteiger partial charge in [-0.2, -0.15) is 0 Å². The fraction of sp³-hybridized carbons (Fsp3) is 0.800. The van der Waals surface area contributed by atoms with Crippen molar-refractivity contribution in [3.63, 3.8) is 0 Å². The maximum atomic E-state index is 11.3. The van der Waals surface area contributed by atoms with Gasteiger partial charge in [0.1, 0.15) is 6.04 Å². The smallest absolute Gasteiger partial charge is 0.326 e.